The second-order valence-electron chi connectivity index (χ2n) is 7.29. The Kier molecular flexibility index (Phi) is 6.18. The molecule has 0 aliphatic carbocycles. The molecule has 2 aromatic heterocycles. The second kappa shape index (κ2) is 9.18. The molecule has 1 aromatic carbocycles. The molecule has 1 unspecified atom stereocenters. The van der Waals surface area contributed by atoms with Crippen molar-refractivity contribution in [2.75, 3.05) is 13.1 Å². The molecule has 8 nitrogen and oxygen atoms in total. The molecule has 0 saturated carbocycles. The summed E-state index contributed by atoms with van der Waals surface area (Å²) >= 11 is 6.22. The first-order valence-corrected chi connectivity index (χ1v) is 10.3. The first-order chi connectivity index (χ1) is 15.0. The van der Waals surface area contributed by atoms with Crippen LogP contribution < -0.4 is 5.32 Å². The Hall–Kier alpha value is -3.39. The molecule has 1 saturated heterocycles. The number of halogens is 1. The maximum atomic E-state index is 12.7. The molecule has 1 fully saturated rings. The van der Waals surface area contributed by atoms with Gasteiger partial charge in [0.2, 0.25) is 11.8 Å². The second-order valence-corrected chi connectivity index (χ2v) is 7.70. The largest absolute Gasteiger partial charge is 0.506 e. The maximum absolute atomic E-state index is 12.7. The first kappa shape index (κ1) is 20.9. The number of amides is 2. The standard InChI is InChI=1S/C22H21ClN4O4/c23-18-5-2-1-4-14(18)9-17-12-26-22(31-17)19-6-3-7-27(19)20(29)13-25-21(30)15-8-16(28)11-24-10-15/h1-2,4-5,8,10-12,19,28H,3,6-7,9,13H2,(H,25,30). The van der Waals surface area contributed by atoms with Crippen molar-refractivity contribution in [2.24, 2.45) is 0 Å². The Balaban J connectivity index is 1.38. The third-order valence-electron chi connectivity index (χ3n) is 5.14. The fraction of sp³-hybridized carbons (Fsp3) is 0.273. The Morgan fingerprint density at radius 2 is 2.10 bits per heavy atom. The quantitative estimate of drug-likeness (QED) is 0.609. The van der Waals surface area contributed by atoms with Crippen molar-refractivity contribution < 1.29 is 19.1 Å². The van der Waals surface area contributed by atoms with Crippen molar-refractivity contribution in [3.63, 3.8) is 0 Å². The van der Waals surface area contributed by atoms with Gasteiger partial charge in [0.15, 0.2) is 0 Å². The lowest BCUT2D eigenvalue weighted by molar-refractivity contribution is -0.131. The Bertz CT molecular complexity index is 1100. The van der Waals surface area contributed by atoms with E-state index in [9.17, 15) is 14.7 Å². The Morgan fingerprint density at radius 3 is 2.90 bits per heavy atom. The van der Waals surface area contributed by atoms with Gasteiger partial charge in [-0.05, 0) is 30.5 Å². The number of benzene rings is 1. The number of oxazole rings is 1. The molecule has 31 heavy (non-hydrogen) atoms. The summed E-state index contributed by atoms with van der Waals surface area (Å²) in [6.45, 7) is 0.396. The predicted octanol–water partition coefficient (Wildman–Crippen LogP) is 3.11. The minimum atomic E-state index is -0.481. The molecule has 3 aromatic rings. The fourth-order valence-electron chi connectivity index (χ4n) is 3.62. The molecular weight excluding hydrogens is 420 g/mol. The molecular formula is C22H21ClN4O4. The van der Waals surface area contributed by atoms with Gasteiger partial charge in [-0.3, -0.25) is 14.6 Å². The third kappa shape index (κ3) is 4.86. The molecule has 2 N–H and O–H groups in total. The van der Waals surface area contributed by atoms with Gasteiger partial charge in [-0.25, -0.2) is 4.98 Å². The summed E-state index contributed by atoms with van der Waals surface area (Å²) in [6.07, 6.45) is 6.29. The lowest BCUT2D eigenvalue weighted by atomic mass is 10.1. The highest BCUT2D eigenvalue weighted by molar-refractivity contribution is 6.31. The van der Waals surface area contributed by atoms with Crippen LogP contribution in [0.15, 0.2) is 53.3 Å². The Labute approximate surface area is 183 Å². The topological polar surface area (TPSA) is 109 Å². The van der Waals surface area contributed by atoms with E-state index in [-0.39, 0.29) is 29.8 Å². The van der Waals surface area contributed by atoms with Crippen molar-refractivity contribution in [3.05, 3.63) is 76.7 Å². The Morgan fingerprint density at radius 1 is 1.26 bits per heavy atom. The van der Waals surface area contributed by atoms with E-state index in [1.165, 1.54) is 18.5 Å². The molecule has 0 bridgehead atoms. The van der Waals surface area contributed by atoms with Crippen molar-refractivity contribution in [2.45, 2.75) is 25.3 Å². The number of pyridine rings is 1. The van der Waals surface area contributed by atoms with Gasteiger partial charge < -0.3 is 19.7 Å². The number of nitrogens with one attached hydrogen (secondary N) is 1. The highest BCUT2D eigenvalue weighted by atomic mass is 35.5. The van der Waals surface area contributed by atoms with E-state index < -0.39 is 5.91 Å². The smallest absolute Gasteiger partial charge is 0.253 e. The first-order valence-electron chi connectivity index (χ1n) is 9.91. The van der Waals surface area contributed by atoms with E-state index in [1.807, 2.05) is 24.3 Å². The van der Waals surface area contributed by atoms with Gasteiger partial charge >= 0.3 is 0 Å². The van der Waals surface area contributed by atoms with Crippen LogP contribution in [0.4, 0.5) is 0 Å². The van der Waals surface area contributed by atoms with E-state index in [0.29, 0.717) is 29.6 Å². The number of likely N-dealkylation sites (tertiary alicyclic amines) is 1. The summed E-state index contributed by atoms with van der Waals surface area (Å²) in [6, 6.07) is 8.56. The van der Waals surface area contributed by atoms with Gasteiger partial charge in [-0.2, -0.15) is 0 Å². The maximum Gasteiger partial charge on any atom is 0.253 e. The van der Waals surface area contributed by atoms with Crippen molar-refractivity contribution in [3.8, 4) is 5.75 Å². The minimum Gasteiger partial charge on any atom is -0.506 e. The number of carbonyl (C=O) groups is 2. The van der Waals surface area contributed by atoms with E-state index in [2.05, 4.69) is 15.3 Å². The molecule has 160 valence electrons. The molecule has 1 atom stereocenters. The van der Waals surface area contributed by atoms with Crippen LogP contribution in [0.3, 0.4) is 0 Å². The highest BCUT2D eigenvalue weighted by Gasteiger charge is 2.33. The summed E-state index contributed by atoms with van der Waals surface area (Å²) in [5, 5.41) is 12.7. The number of aromatic nitrogens is 2. The van der Waals surface area contributed by atoms with E-state index in [0.717, 1.165) is 18.4 Å². The van der Waals surface area contributed by atoms with Gasteiger partial charge in [0, 0.05) is 24.2 Å². The molecule has 1 aliphatic rings. The third-order valence-corrected chi connectivity index (χ3v) is 5.51. The fourth-order valence-corrected chi connectivity index (χ4v) is 3.82. The summed E-state index contributed by atoms with van der Waals surface area (Å²) in [5.74, 6) is 0.332. The van der Waals surface area contributed by atoms with Crippen molar-refractivity contribution >= 4 is 23.4 Å². The summed E-state index contributed by atoms with van der Waals surface area (Å²) in [4.78, 5) is 34.8. The van der Waals surface area contributed by atoms with E-state index >= 15 is 0 Å². The highest BCUT2D eigenvalue weighted by Crippen LogP contribution is 2.32. The SMILES string of the molecule is O=C(NCC(=O)N1CCCC1c1ncc(Cc2ccccc2Cl)o1)c1cncc(O)c1. The lowest BCUT2D eigenvalue weighted by Gasteiger charge is -2.22. The normalized spacial score (nSPS) is 15.8. The lowest BCUT2D eigenvalue weighted by Crippen LogP contribution is -2.40. The minimum absolute atomic E-state index is 0.116. The molecule has 1 aliphatic heterocycles. The zero-order valence-corrected chi connectivity index (χ0v) is 17.4. The van der Waals surface area contributed by atoms with Crippen LogP contribution in [0.2, 0.25) is 5.02 Å². The van der Waals surface area contributed by atoms with Gasteiger partial charge in [-0.15, -0.1) is 0 Å². The van der Waals surface area contributed by atoms with E-state index in [1.54, 1.807) is 11.1 Å². The predicted molar refractivity (Wildman–Crippen MR) is 113 cm³/mol. The number of nitrogens with zero attached hydrogens (tertiary/aromatic N) is 3. The van der Waals surface area contributed by atoms with Gasteiger partial charge in [0.1, 0.15) is 17.6 Å². The average molecular weight is 441 g/mol. The van der Waals surface area contributed by atoms with Crippen LogP contribution in [0.1, 0.15) is 46.5 Å². The molecule has 0 spiro atoms. The van der Waals surface area contributed by atoms with Crippen molar-refractivity contribution in [1.82, 2.24) is 20.2 Å². The van der Waals surface area contributed by atoms with Crippen LogP contribution in [0.5, 0.6) is 5.75 Å². The number of rotatable bonds is 6. The molecule has 9 heteroatoms. The summed E-state index contributed by atoms with van der Waals surface area (Å²) < 4.78 is 5.93. The van der Waals surface area contributed by atoms with Crippen LogP contribution >= 0.6 is 11.6 Å². The number of aromatic hydroxyl groups is 1. The molecule has 4 rings (SSSR count). The van der Waals surface area contributed by atoms with Gasteiger partial charge in [-0.1, -0.05) is 29.8 Å². The van der Waals surface area contributed by atoms with Crippen LogP contribution in [-0.2, 0) is 11.2 Å². The van der Waals surface area contributed by atoms with Crippen LogP contribution in [0, 0.1) is 0 Å². The van der Waals surface area contributed by atoms with Gasteiger partial charge in [0.05, 0.1) is 24.5 Å². The number of carbonyl (C=O) groups excluding carboxylic acids is 2. The van der Waals surface area contributed by atoms with Gasteiger partial charge in [0.25, 0.3) is 5.91 Å². The van der Waals surface area contributed by atoms with Crippen LogP contribution in [0.25, 0.3) is 0 Å². The zero-order valence-electron chi connectivity index (χ0n) is 16.6. The summed E-state index contributed by atoms with van der Waals surface area (Å²) in [7, 11) is 0. The molecule has 2 amide bonds. The molecule has 3 heterocycles. The van der Waals surface area contributed by atoms with E-state index in [4.69, 9.17) is 16.0 Å². The summed E-state index contributed by atoms with van der Waals surface area (Å²) in [5.41, 5.74) is 1.12. The van der Waals surface area contributed by atoms with Crippen LogP contribution in [-0.4, -0.2) is 44.9 Å². The number of hydrogen-bond acceptors (Lipinski definition) is 6. The monoisotopic (exact) mass is 440 g/mol. The zero-order chi connectivity index (χ0) is 21.8. The average Bonchev–Trinajstić information content (AvgIpc) is 3.43. The number of hydrogen-bond donors (Lipinski definition) is 2. The van der Waals surface area contributed by atoms with Crippen molar-refractivity contribution in [1.29, 1.82) is 0 Å². The molecule has 0 radical (unpaired) electrons.